The first-order valence-corrected chi connectivity index (χ1v) is 8.89. The molecule has 126 valence electrons. The Kier molecular flexibility index (Phi) is 4.20. The van der Waals surface area contributed by atoms with Crippen LogP contribution in [-0.2, 0) is 4.74 Å². The average molecular weight is 319 g/mol. The second-order valence-electron chi connectivity index (χ2n) is 6.86. The minimum atomic E-state index is -0.110. The van der Waals surface area contributed by atoms with Crippen molar-refractivity contribution in [3.05, 3.63) is 11.6 Å². The van der Waals surface area contributed by atoms with Gasteiger partial charge in [-0.3, -0.25) is 0 Å². The van der Waals surface area contributed by atoms with Gasteiger partial charge in [0.25, 0.3) is 0 Å². The van der Waals surface area contributed by atoms with Crippen LogP contribution in [0.1, 0.15) is 74.6 Å². The molecule has 0 aromatic carbocycles. The Morgan fingerprint density at radius 2 is 1.87 bits per heavy atom. The minimum Gasteiger partial charge on any atom is -0.381 e. The number of urea groups is 1. The maximum absolute atomic E-state index is 11.5. The smallest absolute Gasteiger partial charge is 0.315 e. The third kappa shape index (κ3) is 3.06. The number of carbonyl (C=O) groups is 1. The molecule has 1 aromatic rings. The van der Waals surface area contributed by atoms with Gasteiger partial charge < -0.3 is 15.4 Å². The molecule has 4 rings (SSSR count). The molecule has 2 N–H and O–H groups in total. The Balaban J connectivity index is 1.63. The van der Waals surface area contributed by atoms with Gasteiger partial charge in [0.15, 0.2) is 11.6 Å². The summed E-state index contributed by atoms with van der Waals surface area (Å²) in [5, 5.41) is 10.7. The van der Waals surface area contributed by atoms with Crippen LogP contribution < -0.4 is 10.6 Å². The molecule has 0 bridgehead atoms. The number of rotatable bonds is 3. The van der Waals surface area contributed by atoms with Crippen LogP contribution in [0.4, 0.5) is 4.79 Å². The molecule has 2 amide bonds. The number of nitrogens with one attached hydrogen (secondary N) is 2. The lowest BCUT2D eigenvalue weighted by molar-refractivity contribution is 0.0834. The predicted molar refractivity (Wildman–Crippen MR) is 84.2 cm³/mol. The van der Waals surface area contributed by atoms with Crippen LogP contribution >= 0.6 is 0 Å². The first-order valence-electron chi connectivity index (χ1n) is 8.89. The molecule has 1 atom stereocenters. The monoisotopic (exact) mass is 319 g/mol. The SMILES string of the molecule is O=C1NC[C@@H](c2nc(C3CCOCC3)nn2C2CCCCC2)N1. The molecule has 3 fully saturated rings. The second kappa shape index (κ2) is 6.47. The molecule has 2 aliphatic heterocycles. The van der Waals surface area contributed by atoms with Gasteiger partial charge in [-0.15, -0.1) is 0 Å². The summed E-state index contributed by atoms with van der Waals surface area (Å²) in [5.41, 5.74) is 0. The fourth-order valence-corrected chi connectivity index (χ4v) is 3.92. The third-order valence-electron chi connectivity index (χ3n) is 5.26. The summed E-state index contributed by atoms with van der Waals surface area (Å²) in [5.74, 6) is 2.25. The van der Waals surface area contributed by atoms with Gasteiger partial charge in [-0.1, -0.05) is 19.3 Å². The number of amides is 2. The highest BCUT2D eigenvalue weighted by Gasteiger charge is 2.32. The molecule has 1 aliphatic carbocycles. The normalized spacial score (nSPS) is 27.0. The van der Waals surface area contributed by atoms with E-state index in [0.29, 0.717) is 18.5 Å². The number of nitrogens with zero attached hydrogens (tertiary/aromatic N) is 3. The molecule has 3 heterocycles. The van der Waals surface area contributed by atoms with Crippen molar-refractivity contribution in [1.29, 1.82) is 0 Å². The number of ether oxygens (including phenoxy) is 1. The maximum atomic E-state index is 11.5. The van der Waals surface area contributed by atoms with Crippen LogP contribution in [0.3, 0.4) is 0 Å². The van der Waals surface area contributed by atoms with Gasteiger partial charge in [-0.05, 0) is 25.7 Å². The topological polar surface area (TPSA) is 81.1 Å². The molecule has 0 spiro atoms. The van der Waals surface area contributed by atoms with Crippen LogP contribution in [0, 0.1) is 0 Å². The van der Waals surface area contributed by atoms with E-state index >= 15 is 0 Å². The predicted octanol–water partition coefficient (Wildman–Crippen LogP) is 2.03. The van der Waals surface area contributed by atoms with Crippen LogP contribution in [0.15, 0.2) is 0 Å². The molecular weight excluding hydrogens is 294 g/mol. The van der Waals surface area contributed by atoms with E-state index in [-0.39, 0.29) is 12.1 Å². The van der Waals surface area contributed by atoms with E-state index < -0.39 is 0 Å². The van der Waals surface area contributed by atoms with Crippen LogP contribution in [0.5, 0.6) is 0 Å². The van der Waals surface area contributed by atoms with Gasteiger partial charge in [-0.2, -0.15) is 5.10 Å². The fourth-order valence-electron chi connectivity index (χ4n) is 3.92. The summed E-state index contributed by atoms with van der Waals surface area (Å²) in [6.45, 7) is 2.18. The van der Waals surface area contributed by atoms with Crippen molar-refractivity contribution in [2.75, 3.05) is 19.8 Å². The summed E-state index contributed by atoms with van der Waals surface area (Å²) in [7, 11) is 0. The zero-order chi connectivity index (χ0) is 15.6. The van der Waals surface area contributed by atoms with Gasteiger partial charge in [0.1, 0.15) is 6.04 Å². The molecule has 23 heavy (non-hydrogen) atoms. The quantitative estimate of drug-likeness (QED) is 0.893. The zero-order valence-electron chi connectivity index (χ0n) is 13.5. The summed E-state index contributed by atoms with van der Waals surface area (Å²) in [6, 6.07) is 0.253. The van der Waals surface area contributed by atoms with Gasteiger partial charge in [0.2, 0.25) is 0 Å². The van der Waals surface area contributed by atoms with E-state index in [1.54, 1.807) is 0 Å². The first-order chi connectivity index (χ1) is 11.3. The Bertz CT molecular complexity index is 561. The molecule has 3 aliphatic rings. The zero-order valence-corrected chi connectivity index (χ0v) is 13.5. The van der Waals surface area contributed by atoms with E-state index in [4.69, 9.17) is 14.8 Å². The number of carbonyl (C=O) groups excluding carboxylic acids is 1. The van der Waals surface area contributed by atoms with Crippen molar-refractivity contribution < 1.29 is 9.53 Å². The molecule has 7 nitrogen and oxygen atoms in total. The van der Waals surface area contributed by atoms with E-state index in [2.05, 4.69) is 15.3 Å². The Morgan fingerprint density at radius 3 is 2.57 bits per heavy atom. The molecule has 1 aromatic heterocycles. The van der Waals surface area contributed by atoms with Gasteiger partial charge in [0.05, 0.1) is 6.04 Å². The van der Waals surface area contributed by atoms with Crippen molar-refractivity contribution in [3.63, 3.8) is 0 Å². The summed E-state index contributed by atoms with van der Waals surface area (Å²) >= 11 is 0. The average Bonchev–Trinajstić information content (AvgIpc) is 3.23. The molecular formula is C16H25N5O2. The minimum absolute atomic E-state index is 0.0643. The van der Waals surface area contributed by atoms with Crippen molar-refractivity contribution in [1.82, 2.24) is 25.4 Å². The van der Waals surface area contributed by atoms with E-state index in [1.807, 2.05) is 0 Å². The number of aromatic nitrogens is 3. The van der Waals surface area contributed by atoms with E-state index in [0.717, 1.165) is 50.5 Å². The second-order valence-corrected chi connectivity index (χ2v) is 6.86. The molecule has 7 heteroatoms. The highest BCUT2D eigenvalue weighted by Crippen LogP contribution is 2.32. The van der Waals surface area contributed by atoms with E-state index in [1.165, 1.54) is 19.3 Å². The van der Waals surface area contributed by atoms with Gasteiger partial charge >= 0.3 is 6.03 Å². The largest absolute Gasteiger partial charge is 0.381 e. The molecule has 2 saturated heterocycles. The molecule has 0 unspecified atom stereocenters. The third-order valence-corrected chi connectivity index (χ3v) is 5.26. The highest BCUT2D eigenvalue weighted by molar-refractivity contribution is 5.76. The van der Waals surface area contributed by atoms with Gasteiger partial charge in [0, 0.05) is 25.7 Å². The lowest BCUT2D eigenvalue weighted by atomic mass is 9.95. The van der Waals surface area contributed by atoms with E-state index in [9.17, 15) is 4.79 Å². The van der Waals surface area contributed by atoms with Crippen molar-refractivity contribution in [3.8, 4) is 0 Å². The van der Waals surface area contributed by atoms with Crippen molar-refractivity contribution in [2.24, 2.45) is 0 Å². The highest BCUT2D eigenvalue weighted by atomic mass is 16.5. The molecule has 0 radical (unpaired) electrons. The van der Waals surface area contributed by atoms with Gasteiger partial charge in [-0.25, -0.2) is 14.5 Å². The number of hydrogen-bond donors (Lipinski definition) is 2. The lowest BCUT2D eigenvalue weighted by Gasteiger charge is -2.24. The fraction of sp³-hybridized carbons (Fsp3) is 0.812. The number of hydrogen-bond acceptors (Lipinski definition) is 4. The maximum Gasteiger partial charge on any atom is 0.315 e. The van der Waals surface area contributed by atoms with Crippen LogP contribution in [0.25, 0.3) is 0 Å². The standard InChI is InChI=1S/C16H25N5O2/c22-16-17-10-13(18-16)15-19-14(11-6-8-23-9-7-11)20-21(15)12-4-2-1-3-5-12/h11-13H,1-10H2,(H2,17,18,22)/t13-/m0/s1. The Labute approximate surface area is 136 Å². The Hall–Kier alpha value is -1.63. The van der Waals surface area contributed by atoms with Crippen molar-refractivity contribution in [2.45, 2.75) is 62.9 Å². The summed E-state index contributed by atoms with van der Waals surface area (Å²) in [4.78, 5) is 16.4. The van der Waals surface area contributed by atoms with Crippen molar-refractivity contribution >= 4 is 6.03 Å². The lowest BCUT2D eigenvalue weighted by Crippen LogP contribution is -2.25. The van der Waals surface area contributed by atoms with Crippen LogP contribution in [0.2, 0.25) is 0 Å². The summed E-state index contributed by atoms with van der Waals surface area (Å²) < 4.78 is 7.59. The molecule has 1 saturated carbocycles. The first kappa shape index (κ1) is 14.9. The Morgan fingerprint density at radius 1 is 1.09 bits per heavy atom. The summed E-state index contributed by atoms with van der Waals surface area (Å²) in [6.07, 6.45) is 8.13. The van der Waals surface area contributed by atoms with Crippen LogP contribution in [-0.4, -0.2) is 40.6 Å².